The fourth-order valence-electron chi connectivity index (χ4n) is 2.87. The minimum atomic E-state index is 0.473. The number of fused-ring (bicyclic) bond motifs is 1. The molecule has 1 aliphatic heterocycles. The summed E-state index contributed by atoms with van der Waals surface area (Å²) < 4.78 is 1.86. The lowest BCUT2D eigenvalue weighted by molar-refractivity contribution is 0.516. The van der Waals surface area contributed by atoms with Crippen molar-refractivity contribution in [2.75, 3.05) is 18.5 Å². The molecule has 3 rings (SSSR count). The molecule has 1 aromatic carbocycles. The van der Waals surface area contributed by atoms with Crippen molar-refractivity contribution in [3.05, 3.63) is 47.8 Å². The molecule has 1 atom stereocenters. The highest BCUT2D eigenvalue weighted by Gasteiger charge is 2.23. The zero-order chi connectivity index (χ0) is 13.2. The SMILES string of the molecule is CNC1CCN(Cc2cnn(C)c2)c2ccccc21. The van der Waals surface area contributed by atoms with Crippen molar-refractivity contribution in [2.24, 2.45) is 7.05 Å². The maximum absolute atomic E-state index is 4.25. The lowest BCUT2D eigenvalue weighted by Crippen LogP contribution is -2.34. The Morgan fingerprint density at radius 3 is 2.95 bits per heavy atom. The largest absolute Gasteiger partial charge is 0.367 e. The van der Waals surface area contributed by atoms with E-state index in [-0.39, 0.29) is 0 Å². The first-order chi connectivity index (χ1) is 9.28. The van der Waals surface area contributed by atoms with E-state index in [0.29, 0.717) is 6.04 Å². The minimum absolute atomic E-state index is 0.473. The predicted molar refractivity (Wildman–Crippen MR) is 77.1 cm³/mol. The molecule has 2 aromatic rings. The molecule has 100 valence electrons. The fourth-order valence-corrected chi connectivity index (χ4v) is 2.87. The van der Waals surface area contributed by atoms with E-state index in [9.17, 15) is 0 Å². The van der Waals surface area contributed by atoms with Gasteiger partial charge in [-0.1, -0.05) is 18.2 Å². The van der Waals surface area contributed by atoms with Gasteiger partial charge in [-0.15, -0.1) is 0 Å². The fraction of sp³-hybridized carbons (Fsp3) is 0.400. The van der Waals surface area contributed by atoms with E-state index in [0.717, 1.165) is 19.5 Å². The number of para-hydroxylation sites is 1. The van der Waals surface area contributed by atoms with Gasteiger partial charge in [0.2, 0.25) is 0 Å². The summed E-state index contributed by atoms with van der Waals surface area (Å²) in [6.45, 7) is 2.01. The van der Waals surface area contributed by atoms with E-state index >= 15 is 0 Å². The molecular weight excluding hydrogens is 236 g/mol. The number of nitrogens with zero attached hydrogens (tertiary/aromatic N) is 3. The summed E-state index contributed by atoms with van der Waals surface area (Å²) in [5.41, 5.74) is 4.01. The van der Waals surface area contributed by atoms with Crippen LogP contribution in [-0.4, -0.2) is 23.4 Å². The zero-order valence-electron chi connectivity index (χ0n) is 11.5. The second-order valence-corrected chi connectivity index (χ2v) is 5.13. The summed E-state index contributed by atoms with van der Waals surface area (Å²) in [5, 5.41) is 7.65. The van der Waals surface area contributed by atoms with Gasteiger partial charge < -0.3 is 10.2 Å². The highest BCUT2D eigenvalue weighted by molar-refractivity contribution is 5.57. The highest BCUT2D eigenvalue weighted by atomic mass is 15.2. The van der Waals surface area contributed by atoms with Crippen molar-refractivity contribution >= 4 is 5.69 Å². The Morgan fingerprint density at radius 2 is 2.21 bits per heavy atom. The van der Waals surface area contributed by atoms with Gasteiger partial charge in [0.15, 0.2) is 0 Å². The van der Waals surface area contributed by atoms with Crippen LogP contribution < -0.4 is 10.2 Å². The average Bonchev–Trinajstić information content (AvgIpc) is 2.85. The van der Waals surface area contributed by atoms with Crippen LogP contribution in [0.1, 0.15) is 23.6 Å². The van der Waals surface area contributed by atoms with E-state index in [2.05, 4.69) is 45.8 Å². The van der Waals surface area contributed by atoms with Crippen molar-refractivity contribution < 1.29 is 0 Å². The molecule has 0 bridgehead atoms. The first-order valence-electron chi connectivity index (χ1n) is 6.76. The molecular formula is C15H20N4. The molecule has 4 nitrogen and oxygen atoms in total. The van der Waals surface area contributed by atoms with E-state index in [1.807, 2.05) is 25.0 Å². The van der Waals surface area contributed by atoms with Crippen molar-refractivity contribution in [3.8, 4) is 0 Å². The van der Waals surface area contributed by atoms with Crippen LogP contribution in [0.25, 0.3) is 0 Å². The Bertz CT molecular complexity index is 561. The van der Waals surface area contributed by atoms with E-state index in [1.165, 1.54) is 16.8 Å². The summed E-state index contributed by atoms with van der Waals surface area (Å²) in [5.74, 6) is 0. The Kier molecular flexibility index (Phi) is 3.25. The van der Waals surface area contributed by atoms with Crippen LogP contribution in [-0.2, 0) is 13.6 Å². The quantitative estimate of drug-likeness (QED) is 0.913. The van der Waals surface area contributed by atoms with Gasteiger partial charge in [0.05, 0.1) is 6.20 Å². The molecule has 4 heteroatoms. The van der Waals surface area contributed by atoms with Gasteiger partial charge in [-0.05, 0) is 25.1 Å². The lowest BCUT2D eigenvalue weighted by Gasteiger charge is -2.35. The van der Waals surface area contributed by atoms with E-state index < -0.39 is 0 Å². The molecule has 1 aromatic heterocycles. The van der Waals surface area contributed by atoms with Crippen molar-refractivity contribution in [1.29, 1.82) is 0 Å². The first-order valence-corrected chi connectivity index (χ1v) is 6.76. The zero-order valence-corrected chi connectivity index (χ0v) is 11.5. The molecule has 0 fully saturated rings. The number of aromatic nitrogens is 2. The van der Waals surface area contributed by atoms with Gasteiger partial charge in [-0.3, -0.25) is 4.68 Å². The van der Waals surface area contributed by atoms with Gasteiger partial charge in [-0.25, -0.2) is 0 Å². The van der Waals surface area contributed by atoms with Crippen LogP contribution >= 0.6 is 0 Å². The number of benzene rings is 1. The molecule has 1 N–H and O–H groups in total. The van der Waals surface area contributed by atoms with Crippen LogP contribution in [0.3, 0.4) is 0 Å². The van der Waals surface area contributed by atoms with E-state index in [1.54, 1.807) is 0 Å². The smallest absolute Gasteiger partial charge is 0.0539 e. The van der Waals surface area contributed by atoms with Gasteiger partial charge in [0.25, 0.3) is 0 Å². The summed E-state index contributed by atoms with van der Waals surface area (Å²) >= 11 is 0. The highest BCUT2D eigenvalue weighted by Crippen LogP contribution is 2.34. The molecule has 0 spiro atoms. The molecule has 1 aliphatic rings. The monoisotopic (exact) mass is 256 g/mol. The Hall–Kier alpha value is -1.81. The molecule has 1 unspecified atom stereocenters. The second-order valence-electron chi connectivity index (χ2n) is 5.13. The van der Waals surface area contributed by atoms with Crippen molar-refractivity contribution in [3.63, 3.8) is 0 Å². The molecule has 0 aliphatic carbocycles. The predicted octanol–water partition coefficient (Wildman–Crippen LogP) is 2.09. The maximum Gasteiger partial charge on any atom is 0.0539 e. The summed E-state index contributed by atoms with van der Waals surface area (Å²) in [6, 6.07) is 9.16. The summed E-state index contributed by atoms with van der Waals surface area (Å²) in [4.78, 5) is 2.44. The standard InChI is InChI=1S/C15H20N4/c1-16-14-7-8-19(11-12-9-17-18(2)10-12)15-6-4-3-5-13(14)15/h3-6,9-10,14,16H,7-8,11H2,1-2H3. The number of hydrogen-bond donors (Lipinski definition) is 1. The average molecular weight is 256 g/mol. The topological polar surface area (TPSA) is 33.1 Å². The lowest BCUT2D eigenvalue weighted by atomic mass is 9.96. The molecule has 0 saturated heterocycles. The van der Waals surface area contributed by atoms with Crippen LogP contribution in [0.2, 0.25) is 0 Å². The van der Waals surface area contributed by atoms with Gasteiger partial charge in [0.1, 0.15) is 0 Å². The number of rotatable bonds is 3. The molecule has 0 amide bonds. The molecule has 19 heavy (non-hydrogen) atoms. The third-order valence-electron chi connectivity index (χ3n) is 3.82. The molecule has 0 radical (unpaired) electrons. The van der Waals surface area contributed by atoms with Crippen LogP contribution in [0.5, 0.6) is 0 Å². The number of aryl methyl sites for hydroxylation is 1. The first kappa shape index (κ1) is 12.2. The normalized spacial score (nSPS) is 18.4. The Morgan fingerprint density at radius 1 is 1.37 bits per heavy atom. The third kappa shape index (κ3) is 2.36. The maximum atomic E-state index is 4.25. The third-order valence-corrected chi connectivity index (χ3v) is 3.82. The van der Waals surface area contributed by atoms with Gasteiger partial charge in [-0.2, -0.15) is 5.10 Å². The minimum Gasteiger partial charge on any atom is -0.367 e. The number of anilines is 1. The van der Waals surface area contributed by atoms with Crippen LogP contribution in [0.15, 0.2) is 36.7 Å². The van der Waals surface area contributed by atoms with Gasteiger partial charge >= 0.3 is 0 Å². The summed E-state index contributed by atoms with van der Waals surface area (Å²) in [6.07, 6.45) is 5.19. The Balaban J connectivity index is 1.87. The number of nitrogens with one attached hydrogen (secondary N) is 1. The van der Waals surface area contributed by atoms with Crippen molar-refractivity contribution in [1.82, 2.24) is 15.1 Å². The molecule has 0 saturated carbocycles. The Labute approximate surface area is 114 Å². The molecule has 2 heterocycles. The second kappa shape index (κ2) is 5.05. The van der Waals surface area contributed by atoms with Crippen LogP contribution in [0.4, 0.5) is 5.69 Å². The van der Waals surface area contributed by atoms with E-state index in [4.69, 9.17) is 0 Å². The van der Waals surface area contributed by atoms with Gasteiger partial charge in [0, 0.05) is 43.6 Å². The summed E-state index contributed by atoms with van der Waals surface area (Å²) in [7, 11) is 4.00. The van der Waals surface area contributed by atoms with Crippen LogP contribution in [0, 0.1) is 0 Å². The van der Waals surface area contributed by atoms with Crippen molar-refractivity contribution in [2.45, 2.75) is 19.0 Å². The number of hydrogen-bond acceptors (Lipinski definition) is 3.